The van der Waals surface area contributed by atoms with Gasteiger partial charge < -0.3 is 10.1 Å². The van der Waals surface area contributed by atoms with Crippen molar-refractivity contribution in [2.75, 3.05) is 18.5 Å². The summed E-state index contributed by atoms with van der Waals surface area (Å²) >= 11 is 6.12. The molecule has 0 aliphatic carbocycles. The molecule has 2 heterocycles. The molecule has 3 aromatic rings. The van der Waals surface area contributed by atoms with Crippen LogP contribution in [0.4, 0.5) is 5.82 Å². The van der Waals surface area contributed by atoms with Crippen LogP contribution < -0.4 is 5.32 Å². The van der Waals surface area contributed by atoms with Crippen molar-refractivity contribution in [2.24, 2.45) is 0 Å². The van der Waals surface area contributed by atoms with E-state index in [1.807, 2.05) is 18.2 Å². The molecule has 0 saturated heterocycles. The molecule has 0 aliphatic heterocycles. The highest BCUT2D eigenvalue weighted by atomic mass is 35.5. The quantitative estimate of drug-likeness (QED) is 0.531. The zero-order valence-corrected chi connectivity index (χ0v) is 14.3. The maximum absolute atomic E-state index is 12.1. The molecule has 0 spiro atoms. The first-order chi connectivity index (χ1) is 12.7. The second kappa shape index (κ2) is 8.14. The summed E-state index contributed by atoms with van der Waals surface area (Å²) in [7, 11) is 0. The lowest BCUT2D eigenvalue weighted by Gasteiger charge is -2.07. The van der Waals surface area contributed by atoms with Crippen molar-refractivity contribution in [1.29, 1.82) is 5.26 Å². The number of pyridine rings is 1. The van der Waals surface area contributed by atoms with Crippen molar-refractivity contribution in [3.63, 3.8) is 0 Å². The standard InChI is InChI=1S/C18H14ClN5O2/c19-15-5-1-2-6-16(15)24-12-14(11-23-24)18(25)26-9-8-22-17-13(10-20)4-3-7-21-17/h1-7,11-12H,8-9H2,(H,21,22). The number of rotatable bonds is 6. The van der Waals surface area contributed by atoms with E-state index in [2.05, 4.69) is 15.4 Å². The van der Waals surface area contributed by atoms with Crippen molar-refractivity contribution in [3.8, 4) is 11.8 Å². The van der Waals surface area contributed by atoms with Gasteiger partial charge in [0, 0.05) is 12.4 Å². The highest BCUT2D eigenvalue weighted by Gasteiger charge is 2.12. The molecule has 26 heavy (non-hydrogen) atoms. The Morgan fingerprint density at radius 2 is 2.15 bits per heavy atom. The molecule has 2 aromatic heterocycles. The van der Waals surface area contributed by atoms with Crippen molar-refractivity contribution >= 4 is 23.4 Å². The van der Waals surface area contributed by atoms with Gasteiger partial charge in [-0.05, 0) is 24.3 Å². The van der Waals surface area contributed by atoms with Crippen molar-refractivity contribution in [3.05, 3.63) is 71.1 Å². The van der Waals surface area contributed by atoms with Crippen LogP contribution in [0.2, 0.25) is 5.02 Å². The van der Waals surface area contributed by atoms with E-state index in [0.29, 0.717) is 34.2 Å². The average Bonchev–Trinajstić information content (AvgIpc) is 3.16. The second-order valence-corrected chi connectivity index (χ2v) is 5.61. The summed E-state index contributed by atoms with van der Waals surface area (Å²) in [6.07, 6.45) is 4.56. The molecular weight excluding hydrogens is 354 g/mol. The summed E-state index contributed by atoms with van der Waals surface area (Å²) in [5, 5.41) is 16.6. The first-order valence-electron chi connectivity index (χ1n) is 7.74. The van der Waals surface area contributed by atoms with E-state index in [4.69, 9.17) is 21.6 Å². The predicted octanol–water partition coefficient (Wildman–Crippen LogP) is 3.06. The molecule has 0 unspecified atom stereocenters. The van der Waals surface area contributed by atoms with Crippen molar-refractivity contribution in [1.82, 2.24) is 14.8 Å². The number of hydrogen-bond donors (Lipinski definition) is 1. The molecule has 8 heteroatoms. The minimum Gasteiger partial charge on any atom is -0.460 e. The van der Waals surface area contributed by atoms with Gasteiger partial charge in [0.05, 0.1) is 34.6 Å². The topological polar surface area (TPSA) is 92.8 Å². The summed E-state index contributed by atoms with van der Waals surface area (Å²) in [4.78, 5) is 16.2. The number of nitrogens with one attached hydrogen (secondary N) is 1. The van der Waals surface area contributed by atoms with Gasteiger partial charge in [0.2, 0.25) is 0 Å². The molecule has 130 valence electrons. The largest absolute Gasteiger partial charge is 0.460 e. The minimum atomic E-state index is -0.494. The second-order valence-electron chi connectivity index (χ2n) is 5.20. The normalized spacial score (nSPS) is 10.2. The number of aromatic nitrogens is 3. The number of carbonyl (C=O) groups excluding carboxylic acids is 1. The van der Waals surface area contributed by atoms with Gasteiger partial charge in [-0.2, -0.15) is 10.4 Å². The Kier molecular flexibility index (Phi) is 5.46. The maximum Gasteiger partial charge on any atom is 0.341 e. The van der Waals surface area contributed by atoms with Gasteiger partial charge in [0.1, 0.15) is 18.5 Å². The van der Waals surface area contributed by atoms with E-state index in [1.54, 1.807) is 36.7 Å². The van der Waals surface area contributed by atoms with Crippen LogP contribution in [0.3, 0.4) is 0 Å². The number of nitrogens with zero attached hydrogens (tertiary/aromatic N) is 4. The van der Waals surface area contributed by atoms with Gasteiger partial charge in [0.15, 0.2) is 0 Å². The first kappa shape index (κ1) is 17.5. The van der Waals surface area contributed by atoms with Crippen molar-refractivity contribution in [2.45, 2.75) is 0 Å². The minimum absolute atomic E-state index is 0.123. The number of esters is 1. The summed E-state index contributed by atoms with van der Waals surface area (Å²) in [5.41, 5.74) is 1.43. The summed E-state index contributed by atoms with van der Waals surface area (Å²) in [5.74, 6) is -0.0378. The summed E-state index contributed by atoms with van der Waals surface area (Å²) in [6, 6.07) is 12.6. The number of anilines is 1. The van der Waals surface area contributed by atoms with E-state index >= 15 is 0 Å². The van der Waals surface area contributed by atoms with E-state index < -0.39 is 5.97 Å². The van der Waals surface area contributed by atoms with Crippen LogP contribution in [0, 0.1) is 11.3 Å². The van der Waals surface area contributed by atoms with Gasteiger partial charge in [-0.25, -0.2) is 14.5 Å². The van der Waals surface area contributed by atoms with Crippen LogP contribution >= 0.6 is 11.6 Å². The van der Waals surface area contributed by atoms with Crippen LogP contribution in [0.15, 0.2) is 55.0 Å². The van der Waals surface area contributed by atoms with Crippen LogP contribution in [0.1, 0.15) is 15.9 Å². The highest BCUT2D eigenvalue weighted by molar-refractivity contribution is 6.32. The summed E-state index contributed by atoms with van der Waals surface area (Å²) in [6.45, 7) is 0.452. The monoisotopic (exact) mass is 367 g/mol. The highest BCUT2D eigenvalue weighted by Crippen LogP contribution is 2.19. The Morgan fingerprint density at radius 3 is 2.96 bits per heavy atom. The fourth-order valence-corrected chi connectivity index (χ4v) is 2.45. The molecule has 0 aliphatic rings. The molecule has 7 nitrogen and oxygen atoms in total. The molecule has 0 saturated carbocycles. The smallest absolute Gasteiger partial charge is 0.341 e. The lowest BCUT2D eigenvalue weighted by Crippen LogP contribution is -2.14. The number of ether oxygens (including phenoxy) is 1. The van der Waals surface area contributed by atoms with Gasteiger partial charge in [-0.1, -0.05) is 23.7 Å². The Labute approximate surface area is 154 Å². The Balaban J connectivity index is 1.55. The molecular formula is C18H14ClN5O2. The van der Waals surface area contributed by atoms with Gasteiger partial charge >= 0.3 is 5.97 Å². The molecule has 0 radical (unpaired) electrons. The number of benzene rings is 1. The van der Waals surface area contributed by atoms with Gasteiger partial charge in [0.25, 0.3) is 0 Å². The molecule has 0 bridgehead atoms. The zero-order chi connectivity index (χ0) is 18.4. The van der Waals surface area contributed by atoms with Gasteiger partial charge in [-0.3, -0.25) is 0 Å². The fraction of sp³-hybridized carbons (Fsp3) is 0.111. The molecule has 3 rings (SSSR count). The van der Waals surface area contributed by atoms with E-state index in [9.17, 15) is 4.79 Å². The lowest BCUT2D eigenvalue weighted by molar-refractivity contribution is 0.0520. The number of para-hydroxylation sites is 1. The van der Waals surface area contributed by atoms with E-state index in [1.165, 1.54) is 10.9 Å². The first-order valence-corrected chi connectivity index (χ1v) is 8.12. The maximum atomic E-state index is 12.1. The fourth-order valence-electron chi connectivity index (χ4n) is 2.23. The zero-order valence-electron chi connectivity index (χ0n) is 13.6. The van der Waals surface area contributed by atoms with Crippen molar-refractivity contribution < 1.29 is 9.53 Å². The Bertz CT molecular complexity index is 964. The molecule has 1 N–H and O–H groups in total. The predicted molar refractivity (Wildman–Crippen MR) is 96.3 cm³/mol. The third-order valence-electron chi connectivity index (χ3n) is 3.47. The lowest BCUT2D eigenvalue weighted by atomic mass is 10.3. The Hall–Kier alpha value is -3.37. The number of carbonyl (C=O) groups is 1. The molecule has 0 fully saturated rings. The molecule has 0 atom stereocenters. The molecule has 1 aromatic carbocycles. The molecule has 0 amide bonds. The third kappa shape index (κ3) is 3.99. The van der Waals surface area contributed by atoms with E-state index in [-0.39, 0.29) is 6.61 Å². The average molecular weight is 368 g/mol. The SMILES string of the molecule is N#Cc1cccnc1NCCOC(=O)c1cnn(-c2ccccc2Cl)c1. The third-order valence-corrected chi connectivity index (χ3v) is 3.79. The number of halogens is 1. The van der Waals surface area contributed by atoms with Crippen LogP contribution in [-0.2, 0) is 4.74 Å². The summed E-state index contributed by atoms with van der Waals surface area (Å²) < 4.78 is 6.72. The Morgan fingerprint density at radius 1 is 1.31 bits per heavy atom. The van der Waals surface area contributed by atoms with E-state index in [0.717, 1.165) is 0 Å². The van der Waals surface area contributed by atoms with Crippen LogP contribution in [0.5, 0.6) is 0 Å². The van der Waals surface area contributed by atoms with Gasteiger partial charge in [-0.15, -0.1) is 0 Å². The number of hydrogen-bond acceptors (Lipinski definition) is 6. The van der Waals surface area contributed by atoms with Crippen LogP contribution in [-0.4, -0.2) is 33.9 Å². The van der Waals surface area contributed by atoms with Crippen LogP contribution in [0.25, 0.3) is 5.69 Å². The number of nitriles is 1.